The van der Waals surface area contributed by atoms with Crippen molar-refractivity contribution in [2.75, 3.05) is 6.61 Å². The summed E-state index contributed by atoms with van der Waals surface area (Å²) in [5, 5.41) is 9.66. The van der Waals surface area contributed by atoms with Gasteiger partial charge in [0.1, 0.15) is 5.41 Å². The average Bonchev–Trinajstić information content (AvgIpc) is 2.54. The normalized spacial score (nSPS) is 25.1. The Morgan fingerprint density at radius 1 is 1.44 bits per heavy atom. The summed E-state index contributed by atoms with van der Waals surface area (Å²) in [7, 11) is 0. The van der Waals surface area contributed by atoms with E-state index in [1.807, 2.05) is 6.92 Å². The topological polar surface area (TPSA) is 63.6 Å². The van der Waals surface area contributed by atoms with E-state index in [-0.39, 0.29) is 12.4 Å². The Kier molecular flexibility index (Phi) is 3.73. The molecule has 1 N–H and O–H groups in total. The summed E-state index contributed by atoms with van der Waals surface area (Å²) < 4.78 is 4.93. The third kappa shape index (κ3) is 1.72. The minimum atomic E-state index is -1.18. The van der Waals surface area contributed by atoms with Crippen LogP contribution < -0.4 is 0 Å². The fourth-order valence-corrected chi connectivity index (χ4v) is 2.07. The Labute approximate surface area is 95.3 Å². The summed E-state index contributed by atoms with van der Waals surface area (Å²) in [6, 6.07) is 0. The van der Waals surface area contributed by atoms with Gasteiger partial charge in [-0.25, -0.2) is 0 Å². The number of ketones is 1. The number of allylic oxidation sites excluding steroid dienone is 2. The van der Waals surface area contributed by atoms with Crippen LogP contribution in [0.3, 0.4) is 0 Å². The minimum Gasteiger partial charge on any atom is -0.504 e. The molecule has 0 aromatic carbocycles. The molecule has 0 saturated carbocycles. The molecule has 0 spiro atoms. The molecule has 0 aromatic heterocycles. The van der Waals surface area contributed by atoms with Gasteiger partial charge in [0.25, 0.3) is 0 Å². The molecule has 0 fully saturated rings. The van der Waals surface area contributed by atoms with Crippen molar-refractivity contribution in [1.29, 1.82) is 0 Å². The van der Waals surface area contributed by atoms with Crippen LogP contribution in [0.15, 0.2) is 11.3 Å². The highest BCUT2D eigenvalue weighted by atomic mass is 16.5. The van der Waals surface area contributed by atoms with Crippen LogP contribution in [0.2, 0.25) is 0 Å². The van der Waals surface area contributed by atoms with Crippen LogP contribution in [-0.4, -0.2) is 23.5 Å². The first-order chi connectivity index (χ1) is 7.53. The predicted molar refractivity (Wildman–Crippen MR) is 58.9 cm³/mol. The maximum atomic E-state index is 11.9. The number of aliphatic hydroxyl groups is 1. The van der Waals surface area contributed by atoms with Crippen molar-refractivity contribution >= 4 is 11.8 Å². The number of esters is 1. The molecule has 90 valence electrons. The van der Waals surface area contributed by atoms with Gasteiger partial charge in [-0.3, -0.25) is 9.59 Å². The molecule has 4 heteroatoms. The van der Waals surface area contributed by atoms with Crippen molar-refractivity contribution in [2.45, 2.75) is 40.0 Å². The zero-order valence-corrected chi connectivity index (χ0v) is 10.0. The highest BCUT2D eigenvalue weighted by Crippen LogP contribution is 2.42. The lowest BCUT2D eigenvalue weighted by molar-refractivity contribution is -0.159. The Balaban J connectivity index is 3.03. The third-order valence-corrected chi connectivity index (χ3v) is 3.20. The van der Waals surface area contributed by atoms with Crippen LogP contribution in [0.25, 0.3) is 0 Å². The molecule has 1 atom stereocenters. The molecule has 16 heavy (non-hydrogen) atoms. The summed E-state index contributed by atoms with van der Waals surface area (Å²) in [6.07, 6.45) is 1.24. The molecule has 0 saturated heterocycles. The predicted octanol–water partition coefficient (Wildman–Crippen LogP) is 2.14. The van der Waals surface area contributed by atoms with Crippen molar-refractivity contribution < 1.29 is 19.4 Å². The van der Waals surface area contributed by atoms with Crippen LogP contribution in [0, 0.1) is 5.41 Å². The molecule has 0 radical (unpaired) electrons. The Morgan fingerprint density at radius 2 is 2.06 bits per heavy atom. The Hall–Kier alpha value is -1.32. The standard InChI is InChI=1S/C12H18O4/c1-4-8-7-12(5-2,10(14)9(8)13)11(15)16-6-3/h13H,4-7H2,1-3H3. The summed E-state index contributed by atoms with van der Waals surface area (Å²) >= 11 is 0. The van der Waals surface area contributed by atoms with Gasteiger partial charge in [-0.15, -0.1) is 0 Å². The zero-order valence-electron chi connectivity index (χ0n) is 10.0. The molecule has 0 bridgehead atoms. The molecule has 1 aliphatic carbocycles. The zero-order chi connectivity index (χ0) is 12.3. The highest BCUT2D eigenvalue weighted by Gasteiger charge is 2.52. The smallest absolute Gasteiger partial charge is 0.320 e. The Bertz CT molecular complexity index is 343. The number of carbonyl (C=O) groups is 2. The molecule has 4 nitrogen and oxygen atoms in total. The van der Waals surface area contributed by atoms with Gasteiger partial charge in [0.05, 0.1) is 6.61 Å². The largest absolute Gasteiger partial charge is 0.504 e. The van der Waals surface area contributed by atoms with E-state index in [0.717, 1.165) is 0 Å². The second-order valence-electron chi connectivity index (χ2n) is 3.97. The van der Waals surface area contributed by atoms with E-state index in [0.29, 0.717) is 24.8 Å². The van der Waals surface area contributed by atoms with E-state index in [2.05, 4.69) is 0 Å². The van der Waals surface area contributed by atoms with Crippen molar-refractivity contribution in [1.82, 2.24) is 0 Å². The number of hydrogen-bond donors (Lipinski definition) is 1. The fourth-order valence-electron chi connectivity index (χ4n) is 2.07. The van der Waals surface area contributed by atoms with Crippen molar-refractivity contribution in [3.63, 3.8) is 0 Å². The van der Waals surface area contributed by atoms with Gasteiger partial charge in [0, 0.05) is 0 Å². The number of Topliss-reactive ketones (excluding diaryl/α,β-unsaturated/α-hetero) is 1. The number of rotatable bonds is 4. The van der Waals surface area contributed by atoms with Crippen molar-refractivity contribution in [2.24, 2.45) is 5.41 Å². The van der Waals surface area contributed by atoms with Gasteiger partial charge >= 0.3 is 5.97 Å². The van der Waals surface area contributed by atoms with Crippen LogP contribution in [0.4, 0.5) is 0 Å². The number of carbonyl (C=O) groups excluding carboxylic acids is 2. The van der Waals surface area contributed by atoms with Gasteiger partial charge in [0.15, 0.2) is 5.76 Å². The lowest BCUT2D eigenvalue weighted by Crippen LogP contribution is -2.37. The summed E-state index contributed by atoms with van der Waals surface area (Å²) in [6.45, 7) is 5.57. The van der Waals surface area contributed by atoms with Gasteiger partial charge in [0.2, 0.25) is 5.78 Å². The molecule has 1 aliphatic rings. The summed E-state index contributed by atoms with van der Waals surface area (Å²) in [4.78, 5) is 23.8. The fraction of sp³-hybridized carbons (Fsp3) is 0.667. The molecule has 1 rings (SSSR count). The SMILES string of the molecule is CCOC(=O)C1(CC)CC(CC)=C(O)C1=O. The first-order valence-corrected chi connectivity index (χ1v) is 5.66. The van der Waals surface area contributed by atoms with E-state index < -0.39 is 17.2 Å². The van der Waals surface area contributed by atoms with E-state index in [4.69, 9.17) is 4.74 Å². The van der Waals surface area contributed by atoms with Crippen LogP contribution in [-0.2, 0) is 14.3 Å². The van der Waals surface area contributed by atoms with E-state index in [9.17, 15) is 14.7 Å². The lowest BCUT2D eigenvalue weighted by atomic mass is 9.80. The van der Waals surface area contributed by atoms with E-state index >= 15 is 0 Å². The van der Waals surface area contributed by atoms with Gasteiger partial charge < -0.3 is 9.84 Å². The highest BCUT2D eigenvalue weighted by molar-refractivity contribution is 6.13. The second-order valence-corrected chi connectivity index (χ2v) is 3.97. The van der Waals surface area contributed by atoms with E-state index in [1.165, 1.54) is 0 Å². The maximum absolute atomic E-state index is 11.9. The van der Waals surface area contributed by atoms with Gasteiger partial charge in [-0.1, -0.05) is 13.8 Å². The van der Waals surface area contributed by atoms with Crippen LogP contribution in [0.5, 0.6) is 0 Å². The third-order valence-electron chi connectivity index (χ3n) is 3.20. The van der Waals surface area contributed by atoms with Gasteiger partial charge in [-0.05, 0) is 31.8 Å². The minimum absolute atomic E-state index is 0.239. The van der Waals surface area contributed by atoms with Crippen molar-refractivity contribution in [3.8, 4) is 0 Å². The monoisotopic (exact) mass is 226 g/mol. The first kappa shape index (κ1) is 12.7. The quantitative estimate of drug-likeness (QED) is 0.589. The number of hydrogen-bond acceptors (Lipinski definition) is 4. The van der Waals surface area contributed by atoms with Crippen LogP contribution in [0.1, 0.15) is 40.0 Å². The average molecular weight is 226 g/mol. The second kappa shape index (κ2) is 4.68. The Morgan fingerprint density at radius 3 is 2.44 bits per heavy atom. The summed E-state index contributed by atoms with van der Waals surface area (Å²) in [5.74, 6) is -1.24. The summed E-state index contributed by atoms with van der Waals surface area (Å²) in [5.41, 5.74) is -0.522. The molecule has 1 unspecified atom stereocenters. The maximum Gasteiger partial charge on any atom is 0.320 e. The molecule has 0 heterocycles. The number of aliphatic hydroxyl groups excluding tert-OH is 1. The first-order valence-electron chi connectivity index (χ1n) is 5.66. The molecule has 0 amide bonds. The number of ether oxygens (including phenoxy) is 1. The lowest BCUT2D eigenvalue weighted by Gasteiger charge is -2.23. The molecule has 0 aliphatic heterocycles. The van der Waals surface area contributed by atoms with Gasteiger partial charge in [-0.2, -0.15) is 0 Å². The molecular formula is C12H18O4. The molecular weight excluding hydrogens is 208 g/mol. The van der Waals surface area contributed by atoms with Crippen LogP contribution >= 0.6 is 0 Å². The van der Waals surface area contributed by atoms with Crippen molar-refractivity contribution in [3.05, 3.63) is 11.3 Å². The van der Waals surface area contributed by atoms with E-state index in [1.54, 1.807) is 13.8 Å². The molecule has 0 aromatic rings.